The number of hydrogen-bond donors (Lipinski definition) is 2. The zero-order valence-corrected chi connectivity index (χ0v) is 11.6. The van der Waals surface area contributed by atoms with Crippen LogP contribution in [-0.2, 0) is 4.79 Å². The Morgan fingerprint density at radius 2 is 2.10 bits per heavy atom. The fourth-order valence-corrected chi connectivity index (χ4v) is 2.74. The minimum absolute atomic E-state index is 0.0828. The second-order valence-corrected chi connectivity index (χ2v) is 5.42. The van der Waals surface area contributed by atoms with E-state index in [2.05, 4.69) is 17.6 Å². The van der Waals surface area contributed by atoms with E-state index in [-0.39, 0.29) is 11.8 Å². The molecule has 2 atom stereocenters. The van der Waals surface area contributed by atoms with Gasteiger partial charge in [-0.1, -0.05) is 0 Å². The summed E-state index contributed by atoms with van der Waals surface area (Å²) < 4.78 is 11.0. The van der Waals surface area contributed by atoms with Gasteiger partial charge in [0.05, 0.1) is 0 Å². The maximum atomic E-state index is 12.3. The minimum atomic E-state index is 0.0828. The zero-order chi connectivity index (χ0) is 13.9. The number of ether oxygens (including phenoxy) is 2. The summed E-state index contributed by atoms with van der Waals surface area (Å²) in [5.74, 6) is 1.62. The highest BCUT2D eigenvalue weighted by molar-refractivity contribution is 5.93. The van der Waals surface area contributed by atoms with E-state index in [1.165, 1.54) is 0 Å². The lowest BCUT2D eigenvalue weighted by molar-refractivity contribution is -0.120. The molecule has 1 saturated heterocycles. The van der Waals surface area contributed by atoms with Gasteiger partial charge in [0.25, 0.3) is 0 Å². The van der Waals surface area contributed by atoms with E-state index in [1.54, 1.807) is 0 Å². The van der Waals surface area contributed by atoms with Crippen LogP contribution < -0.4 is 20.1 Å². The van der Waals surface area contributed by atoms with Gasteiger partial charge in [0.15, 0.2) is 11.5 Å². The smallest absolute Gasteiger partial charge is 0.227 e. The molecule has 108 valence electrons. The topological polar surface area (TPSA) is 59.6 Å². The van der Waals surface area contributed by atoms with E-state index < -0.39 is 0 Å². The molecule has 3 rings (SSSR count). The van der Waals surface area contributed by atoms with Crippen LogP contribution in [0.15, 0.2) is 18.2 Å². The van der Waals surface area contributed by atoms with Crippen molar-refractivity contribution in [3.8, 4) is 11.5 Å². The number of rotatable bonds is 2. The van der Waals surface area contributed by atoms with E-state index in [0.29, 0.717) is 25.0 Å². The Bertz CT molecular complexity index is 504. The Kier molecular flexibility index (Phi) is 3.78. The third kappa shape index (κ3) is 2.88. The van der Waals surface area contributed by atoms with Crippen LogP contribution in [0.4, 0.5) is 5.69 Å². The number of anilines is 1. The highest BCUT2D eigenvalue weighted by Gasteiger charge is 2.25. The molecule has 0 bridgehead atoms. The van der Waals surface area contributed by atoms with Crippen molar-refractivity contribution in [2.75, 3.05) is 25.1 Å². The van der Waals surface area contributed by atoms with Crippen LogP contribution in [0.25, 0.3) is 0 Å². The fourth-order valence-electron chi connectivity index (χ4n) is 2.74. The summed E-state index contributed by atoms with van der Waals surface area (Å²) >= 11 is 0. The number of benzene rings is 1. The van der Waals surface area contributed by atoms with E-state index in [4.69, 9.17) is 9.47 Å². The van der Waals surface area contributed by atoms with Crippen molar-refractivity contribution >= 4 is 11.6 Å². The quantitative estimate of drug-likeness (QED) is 0.864. The second-order valence-electron chi connectivity index (χ2n) is 5.42. The first-order chi connectivity index (χ1) is 9.72. The predicted molar refractivity (Wildman–Crippen MR) is 76.3 cm³/mol. The zero-order valence-electron chi connectivity index (χ0n) is 11.6. The minimum Gasteiger partial charge on any atom is -0.486 e. The number of fused-ring (bicyclic) bond motifs is 1. The molecule has 5 nitrogen and oxygen atoms in total. The number of nitrogens with one attached hydrogen (secondary N) is 2. The molecular weight excluding hydrogens is 256 g/mol. The monoisotopic (exact) mass is 276 g/mol. The molecule has 0 radical (unpaired) electrons. The standard InChI is InChI=1S/C15H20N2O3/c1-10-8-11(4-5-16-10)15(18)17-12-2-3-13-14(9-12)20-7-6-19-13/h2-3,9-11,16H,4-8H2,1H3,(H,17,18)/t10-,11-/m0/s1. The van der Waals surface area contributed by atoms with Gasteiger partial charge in [-0.25, -0.2) is 0 Å². The summed E-state index contributed by atoms with van der Waals surface area (Å²) in [6.07, 6.45) is 1.77. The Balaban J connectivity index is 1.66. The molecule has 0 aliphatic carbocycles. The molecule has 2 aliphatic rings. The average Bonchev–Trinajstić information content (AvgIpc) is 2.47. The van der Waals surface area contributed by atoms with Crippen LogP contribution in [0.1, 0.15) is 19.8 Å². The van der Waals surface area contributed by atoms with E-state index in [1.807, 2.05) is 18.2 Å². The predicted octanol–water partition coefficient (Wildman–Crippen LogP) is 1.78. The summed E-state index contributed by atoms with van der Waals surface area (Å²) in [7, 11) is 0. The van der Waals surface area contributed by atoms with Gasteiger partial charge in [0, 0.05) is 23.7 Å². The molecule has 1 fully saturated rings. The Morgan fingerprint density at radius 3 is 2.90 bits per heavy atom. The number of piperidine rings is 1. The Labute approximate surface area is 118 Å². The highest BCUT2D eigenvalue weighted by atomic mass is 16.6. The number of carbonyl (C=O) groups excluding carboxylic acids is 1. The van der Waals surface area contributed by atoms with Crippen LogP contribution in [0.5, 0.6) is 11.5 Å². The van der Waals surface area contributed by atoms with Gasteiger partial charge in [0.2, 0.25) is 5.91 Å². The molecule has 5 heteroatoms. The van der Waals surface area contributed by atoms with E-state index >= 15 is 0 Å². The molecular formula is C15H20N2O3. The van der Waals surface area contributed by atoms with E-state index in [9.17, 15) is 4.79 Å². The van der Waals surface area contributed by atoms with Gasteiger partial charge in [-0.15, -0.1) is 0 Å². The lowest BCUT2D eigenvalue weighted by atomic mass is 9.92. The first-order valence-corrected chi connectivity index (χ1v) is 7.16. The maximum Gasteiger partial charge on any atom is 0.227 e. The van der Waals surface area contributed by atoms with Crippen LogP contribution in [-0.4, -0.2) is 31.7 Å². The maximum absolute atomic E-state index is 12.3. The first-order valence-electron chi connectivity index (χ1n) is 7.16. The Hall–Kier alpha value is -1.75. The summed E-state index contributed by atoms with van der Waals surface area (Å²) in [6.45, 7) is 4.14. The summed E-state index contributed by atoms with van der Waals surface area (Å²) in [6, 6.07) is 5.93. The summed E-state index contributed by atoms with van der Waals surface area (Å²) in [4.78, 5) is 12.3. The van der Waals surface area contributed by atoms with Crippen molar-refractivity contribution in [2.45, 2.75) is 25.8 Å². The van der Waals surface area contributed by atoms with Crippen LogP contribution >= 0.6 is 0 Å². The van der Waals surface area contributed by atoms with Crippen molar-refractivity contribution in [1.29, 1.82) is 0 Å². The SMILES string of the molecule is C[C@H]1C[C@@H](C(=O)Nc2ccc3c(c2)OCCO3)CCN1. The Morgan fingerprint density at radius 1 is 1.30 bits per heavy atom. The number of carbonyl (C=O) groups is 1. The van der Waals surface area contributed by atoms with Crippen molar-refractivity contribution in [3.05, 3.63) is 18.2 Å². The van der Waals surface area contributed by atoms with Gasteiger partial charge < -0.3 is 20.1 Å². The van der Waals surface area contributed by atoms with Crippen LogP contribution in [0, 0.1) is 5.92 Å². The van der Waals surface area contributed by atoms with Gasteiger partial charge >= 0.3 is 0 Å². The van der Waals surface area contributed by atoms with E-state index in [0.717, 1.165) is 30.8 Å². The lowest BCUT2D eigenvalue weighted by Gasteiger charge is -2.27. The number of amides is 1. The van der Waals surface area contributed by atoms with Crippen molar-refractivity contribution in [2.24, 2.45) is 5.92 Å². The molecule has 0 aromatic heterocycles. The van der Waals surface area contributed by atoms with Gasteiger partial charge in [-0.3, -0.25) is 4.79 Å². The normalized spacial score (nSPS) is 25.1. The highest BCUT2D eigenvalue weighted by Crippen LogP contribution is 2.33. The molecule has 0 unspecified atom stereocenters. The molecule has 2 aliphatic heterocycles. The largest absolute Gasteiger partial charge is 0.486 e. The molecule has 2 N–H and O–H groups in total. The molecule has 0 spiro atoms. The third-order valence-corrected chi connectivity index (χ3v) is 3.80. The average molecular weight is 276 g/mol. The molecule has 1 aromatic carbocycles. The van der Waals surface area contributed by atoms with Crippen molar-refractivity contribution in [3.63, 3.8) is 0 Å². The van der Waals surface area contributed by atoms with Crippen molar-refractivity contribution in [1.82, 2.24) is 5.32 Å². The van der Waals surface area contributed by atoms with Crippen LogP contribution in [0.3, 0.4) is 0 Å². The molecule has 1 aromatic rings. The van der Waals surface area contributed by atoms with Gasteiger partial charge in [-0.05, 0) is 38.4 Å². The van der Waals surface area contributed by atoms with Crippen LogP contribution in [0.2, 0.25) is 0 Å². The summed E-state index contributed by atoms with van der Waals surface area (Å²) in [5, 5.41) is 6.34. The lowest BCUT2D eigenvalue weighted by Crippen LogP contribution is -2.40. The molecule has 20 heavy (non-hydrogen) atoms. The number of hydrogen-bond acceptors (Lipinski definition) is 4. The third-order valence-electron chi connectivity index (χ3n) is 3.80. The fraction of sp³-hybridized carbons (Fsp3) is 0.533. The van der Waals surface area contributed by atoms with Gasteiger partial charge in [0.1, 0.15) is 13.2 Å². The summed E-state index contributed by atoms with van der Waals surface area (Å²) in [5.41, 5.74) is 0.769. The van der Waals surface area contributed by atoms with Gasteiger partial charge in [-0.2, -0.15) is 0 Å². The molecule has 1 amide bonds. The second kappa shape index (κ2) is 5.71. The molecule has 2 heterocycles. The first kappa shape index (κ1) is 13.2. The molecule has 0 saturated carbocycles. The van der Waals surface area contributed by atoms with Crippen molar-refractivity contribution < 1.29 is 14.3 Å².